The van der Waals surface area contributed by atoms with Gasteiger partial charge < -0.3 is 19.5 Å². The number of hydrogen-bond acceptors (Lipinski definition) is 4. The largest absolute Gasteiger partial charge is 0.481 e. The topological polar surface area (TPSA) is 76.1 Å². The zero-order chi connectivity index (χ0) is 12.1. The number of likely N-dealkylation sites (N-methyl/N-ethyl adjacent to an activating group) is 1. The molecule has 1 rings (SSSR count). The first-order chi connectivity index (χ1) is 7.57. The SMILES string of the molecule is C=CCOC(=O)N(C)C1COCC1C(=O)O. The molecular formula is C10H15NO5. The van der Waals surface area contributed by atoms with Crippen molar-refractivity contribution in [1.82, 2.24) is 4.90 Å². The fourth-order valence-corrected chi connectivity index (χ4v) is 1.53. The van der Waals surface area contributed by atoms with Gasteiger partial charge in [0.15, 0.2) is 0 Å². The summed E-state index contributed by atoms with van der Waals surface area (Å²) in [5.41, 5.74) is 0. The van der Waals surface area contributed by atoms with Crippen LogP contribution in [0.15, 0.2) is 12.7 Å². The highest BCUT2D eigenvalue weighted by molar-refractivity contribution is 5.74. The van der Waals surface area contributed by atoms with E-state index in [1.807, 2.05) is 0 Å². The molecule has 1 saturated heterocycles. The van der Waals surface area contributed by atoms with Gasteiger partial charge in [-0.25, -0.2) is 4.79 Å². The molecule has 0 aromatic carbocycles. The molecule has 0 radical (unpaired) electrons. The van der Waals surface area contributed by atoms with Gasteiger partial charge in [0, 0.05) is 7.05 Å². The van der Waals surface area contributed by atoms with Crippen LogP contribution >= 0.6 is 0 Å². The molecule has 6 nitrogen and oxygen atoms in total. The number of nitrogens with zero attached hydrogens (tertiary/aromatic N) is 1. The van der Waals surface area contributed by atoms with Crippen LogP contribution in [0.3, 0.4) is 0 Å². The van der Waals surface area contributed by atoms with Crippen molar-refractivity contribution in [1.29, 1.82) is 0 Å². The van der Waals surface area contributed by atoms with E-state index in [4.69, 9.17) is 14.6 Å². The first kappa shape index (κ1) is 12.5. The third-order valence-corrected chi connectivity index (χ3v) is 2.48. The van der Waals surface area contributed by atoms with E-state index in [0.29, 0.717) is 0 Å². The first-order valence-electron chi connectivity index (χ1n) is 4.89. The van der Waals surface area contributed by atoms with Crippen LogP contribution in [0, 0.1) is 5.92 Å². The summed E-state index contributed by atoms with van der Waals surface area (Å²) in [6.45, 7) is 3.87. The highest BCUT2D eigenvalue weighted by Crippen LogP contribution is 2.19. The summed E-state index contributed by atoms with van der Waals surface area (Å²) < 4.78 is 9.87. The van der Waals surface area contributed by atoms with E-state index in [1.165, 1.54) is 18.0 Å². The second-order valence-electron chi connectivity index (χ2n) is 3.53. The molecule has 1 heterocycles. The molecule has 0 aliphatic carbocycles. The van der Waals surface area contributed by atoms with Gasteiger partial charge in [0.25, 0.3) is 0 Å². The normalized spacial score (nSPS) is 23.8. The van der Waals surface area contributed by atoms with Gasteiger partial charge in [0.1, 0.15) is 12.5 Å². The Morgan fingerprint density at radius 2 is 2.31 bits per heavy atom. The summed E-state index contributed by atoms with van der Waals surface area (Å²) >= 11 is 0. The number of ether oxygens (including phenoxy) is 2. The molecule has 1 aliphatic rings. The maximum atomic E-state index is 11.5. The van der Waals surface area contributed by atoms with E-state index in [2.05, 4.69) is 6.58 Å². The molecule has 2 unspecified atom stereocenters. The Hall–Kier alpha value is -1.56. The minimum atomic E-state index is -0.967. The predicted molar refractivity (Wildman–Crippen MR) is 55.0 cm³/mol. The number of carboxylic acid groups (broad SMARTS) is 1. The monoisotopic (exact) mass is 229 g/mol. The van der Waals surface area contributed by atoms with E-state index >= 15 is 0 Å². The number of carbonyl (C=O) groups is 2. The van der Waals surface area contributed by atoms with E-state index in [9.17, 15) is 9.59 Å². The highest BCUT2D eigenvalue weighted by Gasteiger charge is 2.38. The summed E-state index contributed by atoms with van der Waals surface area (Å²) in [5.74, 6) is -1.66. The van der Waals surface area contributed by atoms with E-state index in [0.717, 1.165) is 0 Å². The molecule has 0 bridgehead atoms. The van der Waals surface area contributed by atoms with Gasteiger partial charge in [-0.05, 0) is 0 Å². The van der Waals surface area contributed by atoms with Gasteiger partial charge in [-0.1, -0.05) is 12.7 Å². The maximum absolute atomic E-state index is 11.5. The summed E-state index contributed by atoms with van der Waals surface area (Å²) in [7, 11) is 1.50. The van der Waals surface area contributed by atoms with Gasteiger partial charge in [0.2, 0.25) is 0 Å². The van der Waals surface area contributed by atoms with Crippen molar-refractivity contribution in [2.45, 2.75) is 6.04 Å². The van der Waals surface area contributed by atoms with E-state index in [1.54, 1.807) is 0 Å². The Morgan fingerprint density at radius 1 is 1.62 bits per heavy atom. The molecule has 16 heavy (non-hydrogen) atoms. The molecule has 1 amide bonds. The van der Waals surface area contributed by atoms with Gasteiger partial charge in [-0.2, -0.15) is 0 Å². The highest BCUT2D eigenvalue weighted by atomic mass is 16.6. The summed E-state index contributed by atoms with van der Waals surface area (Å²) in [4.78, 5) is 23.6. The summed E-state index contributed by atoms with van der Waals surface area (Å²) in [6, 6.07) is -0.477. The van der Waals surface area contributed by atoms with Crippen LogP contribution in [0.2, 0.25) is 0 Å². The number of hydrogen-bond donors (Lipinski definition) is 1. The van der Waals surface area contributed by atoms with Crippen LogP contribution in [0.25, 0.3) is 0 Å². The number of rotatable bonds is 4. The average molecular weight is 229 g/mol. The fraction of sp³-hybridized carbons (Fsp3) is 0.600. The number of amides is 1. The maximum Gasteiger partial charge on any atom is 0.410 e. The second-order valence-corrected chi connectivity index (χ2v) is 3.53. The van der Waals surface area contributed by atoms with Gasteiger partial charge >= 0.3 is 12.1 Å². The molecule has 0 aromatic heterocycles. The van der Waals surface area contributed by atoms with Gasteiger partial charge in [-0.15, -0.1) is 0 Å². The number of aliphatic carboxylic acids is 1. The minimum absolute atomic E-state index is 0.106. The fourth-order valence-electron chi connectivity index (χ4n) is 1.53. The first-order valence-corrected chi connectivity index (χ1v) is 4.89. The van der Waals surface area contributed by atoms with Gasteiger partial charge in [0.05, 0.1) is 19.3 Å². The zero-order valence-corrected chi connectivity index (χ0v) is 9.09. The molecule has 90 valence electrons. The third kappa shape index (κ3) is 2.73. The van der Waals surface area contributed by atoms with Crippen LogP contribution < -0.4 is 0 Å². The Balaban J connectivity index is 2.58. The van der Waals surface area contributed by atoms with E-state index in [-0.39, 0.29) is 19.8 Å². The molecule has 0 aromatic rings. The average Bonchev–Trinajstić information content (AvgIpc) is 2.73. The minimum Gasteiger partial charge on any atom is -0.481 e. The van der Waals surface area contributed by atoms with Crippen LogP contribution in [0.1, 0.15) is 0 Å². The zero-order valence-electron chi connectivity index (χ0n) is 9.09. The number of carbonyl (C=O) groups excluding carboxylic acids is 1. The lowest BCUT2D eigenvalue weighted by molar-refractivity contribution is -0.142. The number of carboxylic acids is 1. The van der Waals surface area contributed by atoms with Crippen molar-refractivity contribution in [2.75, 3.05) is 26.9 Å². The van der Waals surface area contributed by atoms with Crippen LogP contribution in [0.4, 0.5) is 4.79 Å². The molecule has 1 N–H and O–H groups in total. The van der Waals surface area contributed by atoms with Crippen molar-refractivity contribution >= 4 is 12.1 Å². The molecule has 1 fully saturated rings. The van der Waals surface area contributed by atoms with Crippen molar-refractivity contribution in [2.24, 2.45) is 5.92 Å². The van der Waals surface area contributed by atoms with Gasteiger partial charge in [-0.3, -0.25) is 4.79 Å². The molecule has 2 atom stereocenters. The summed E-state index contributed by atoms with van der Waals surface area (Å²) in [5, 5.41) is 8.92. The van der Waals surface area contributed by atoms with Crippen molar-refractivity contribution in [3.05, 3.63) is 12.7 Å². The Kier molecular flexibility index (Phi) is 4.30. The lowest BCUT2D eigenvalue weighted by Gasteiger charge is -2.25. The second kappa shape index (κ2) is 5.50. The Labute approximate surface area is 93.4 Å². The lowest BCUT2D eigenvalue weighted by atomic mass is 10.0. The van der Waals surface area contributed by atoms with Crippen molar-refractivity contribution < 1.29 is 24.2 Å². The predicted octanol–water partition coefficient (Wildman–Crippen LogP) is 0.340. The Bertz CT molecular complexity index is 291. The quantitative estimate of drug-likeness (QED) is 0.703. The lowest BCUT2D eigenvalue weighted by Crippen LogP contribution is -2.44. The molecule has 0 spiro atoms. The van der Waals surface area contributed by atoms with Crippen LogP contribution in [-0.4, -0.2) is 55.0 Å². The smallest absolute Gasteiger partial charge is 0.410 e. The molecule has 0 saturated carbocycles. The third-order valence-electron chi connectivity index (χ3n) is 2.48. The van der Waals surface area contributed by atoms with Crippen LogP contribution in [-0.2, 0) is 14.3 Å². The standard InChI is InChI=1S/C10H15NO5/c1-3-4-16-10(14)11(2)8-6-15-5-7(8)9(12)13/h3,7-8H,1,4-6H2,2H3,(H,12,13). The molecule has 1 aliphatic heterocycles. The molecule has 6 heteroatoms. The van der Waals surface area contributed by atoms with Crippen molar-refractivity contribution in [3.8, 4) is 0 Å². The van der Waals surface area contributed by atoms with Crippen molar-refractivity contribution in [3.63, 3.8) is 0 Å². The summed E-state index contributed by atoms with van der Waals surface area (Å²) in [6.07, 6.45) is 0.882. The Morgan fingerprint density at radius 3 is 2.88 bits per heavy atom. The van der Waals surface area contributed by atoms with Crippen LogP contribution in [0.5, 0.6) is 0 Å². The van der Waals surface area contributed by atoms with E-state index < -0.39 is 24.0 Å². The molecular weight excluding hydrogens is 214 g/mol.